The number of para-hydroxylation sites is 1. The summed E-state index contributed by atoms with van der Waals surface area (Å²) >= 11 is 3.20. The molecule has 4 heteroatoms. The van der Waals surface area contributed by atoms with E-state index in [1.54, 1.807) is 12.1 Å². The van der Waals surface area contributed by atoms with Crippen LogP contribution in [0, 0.1) is 0 Å². The molecule has 2 aromatic rings. The summed E-state index contributed by atoms with van der Waals surface area (Å²) in [6, 6.07) is 12.5. The van der Waals surface area contributed by atoms with Crippen molar-refractivity contribution in [2.24, 2.45) is 0 Å². The molecule has 0 radical (unpaired) electrons. The zero-order chi connectivity index (χ0) is 15.6. The molecule has 0 spiro atoms. The highest BCUT2D eigenvalue weighted by Crippen LogP contribution is 2.30. The first-order valence-corrected chi connectivity index (χ1v) is 7.48. The molecule has 110 valence electrons. The number of rotatable bonds is 2. The summed E-state index contributed by atoms with van der Waals surface area (Å²) in [5.41, 5.74) is 2.21. The predicted molar refractivity (Wildman–Crippen MR) is 88.9 cm³/mol. The second-order valence-electron chi connectivity index (χ2n) is 5.92. The van der Waals surface area contributed by atoms with Crippen LogP contribution in [0.1, 0.15) is 36.7 Å². The highest BCUT2D eigenvalue weighted by Gasteiger charge is 2.19. The number of phenols is 1. The van der Waals surface area contributed by atoms with E-state index in [0.29, 0.717) is 10.0 Å². The number of anilines is 1. The van der Waals surface area contributed by atoms with Crippen molar-refractivity contribution < 1.29 is 9.90 Å². The van der Waals surface area contributed by atoms with E-state index in [1.165, 1.54) is 6.07 Å². The number of hydrogen-bond donors (Lipinski definition) is 2. The molecular weight excluding hydrogens is 330 g/mol. The fraction of sp³-hybridized carbons (Fsp3) is 0.235. The van der Waals surface area contributed by atoms with Crippen molar-refractivity contribution in [3.05, 3.63) is 58.1 Å². The number of amides is 1. The van der Waals surface area contributed by atoms with Crippen molar-refractivity contribution in [2.45, 2.75) is 26.2 Å². The third kappa shape index (κ3) is 3.64. The highest BCUT2D eigenvalue weighted by atomic mass is 79.9. The van der Waals surface area contributed by atoms with E-state index in [9.17, 15) is 9.90 Å². The monoisotopic (exact) mass is 347 g/mol. The van der Waals surface area contributed by atoms with Gasteiger partial charge >= 0.3 is 0 Å². The van der Waals surface area contributed by atoms with Crippen LogP contribution in [0.15, 0.2) is 46.9 Å². The molecule has 0 bridgehead atoms. The molecule has 3 nitrogen and oxygen atoms in total. The summed E-state index contributed by atoms with van der Waals surface area (Å²) in [4.78, 5) is 12.3. The lowest BCUT2D eigenvalue weighted by Gasteiger charge is -2.23. The van der Waals surface area contributed by atoms with Crippen molar-refractivity contribution in [1.29, 1.82) is 0 Å². The first-order valence-electron chi connectivity index (χ1n) is 6.68. The lowest BCUT2D eigenvalue weighted by atomic mass is 9.86. The molecule has 21 heavy (non-hydrogen) atoms. The minimum atomic E-state index is -0.241. The van der Waals surface area contributed by atoms with Gasteiger partial charge in [0.1, 0.15) is 5.75 Å². The Bertz CT molecular complexity index is 675. The smallest absolute Gasteiger partial charge is 0.255 e. The molecule has 0 saturated heterocycles. The maximum absolute atomic E-state index is 12.3. The van der Waals surface area contributed by atoms with E-state index in [4.69, 9.17) is 0 Å². The van der Waals surface area contributed by atoms with Crippen LogP contribution in [0.25, 0.3) is 0 Å². The number of aromatic hydroxyl groups is 1. The summed E-state index contributed by atoms with van der Waals surface area (Å²) in [5, 5.41) is 12.6. The lowest BCUT2D eigenvalue weighted by Crippen LogP contribution is -2.18. The van der Waals surface area contributed by atoms with Gasteiger partial charge in [0.05, 0.1) is 4.47 Å². The van der Waals surface area contributed by atoms with Gasteiger partial charge in [-0.2, -0.15) is 0 Å². The van der Waals surface area contributed by atoms with Crippen LogP contribution in [-0.4, -0.2) is 11.0 Å². The number of benzene rings is 2. The first kappa shape index (κ1) is 15.6. The molecule has 0 aromatic heterocycles. The Morgan fingerprint density at radius 2 is 1.81 bits per heavy atom. The topological polar surface area (TPSA) is 49.3 Å². The van der Waals surface area contributed by atoms with Crippen molar-refractivity contribution in [2.75, 3.05) is 5.32 Å². The maximum Gasteiger partial charge on any atom is 0.255 e. The van der Waals surface area contributed by atoms with Crippen LogP contribution < -0.4 is 5.32 Å². The van der Waals surface area contributed by atoms with Crippen molar-refractivity contribution in [3.8, 4) is 5.75 Å². The summed E-state index contributed by atoms with van der Waals surface area (Å²) in [7, 11) is 0. The van der Waals surface area contributed by atoms with Gasteiger partial charge in [-0.05, 0) is 51.2 Å². The fourth-order valence-corrected chi connectivity index (χ4v) is 2.34. The van der Waals surface area contributed by atoms with E-state index in [2.05, 4.69) is 42.0 Å². The minimum absolute atomic E-state index is 0.0479. The largest absolute Gasteiger partial charge is 0.507 e. The quantitative estimate of drug-likeness (QED) is 0.826. The van der Waals surface area contributed by atoms with E-state index in [0.717, 1.165) is 11.3 Å². The molecule has 0 unspecified atom stereocenters. The fourth-order valence-electron chi connectivity index (χ4n) is 2.09. The lowest BCUT2D eigenvalue weighted by molar-refractivity contribution is 0.102. The third-order valence-electron chi connectivity index (χ3n) is 3.19. The average Bonchev–Trinajstić information content (AvgIpc) is 2.41. The number of nitrogens with one attached hydrogen (secondary N) is 1. The average molecular weight is 348 g/mol. The minimum Gasteiger partial charge on any atom is -0.507 e. The van der Waals surface area contributed by atoms with Crippen molar-refractivity contribution in [1.82, 2.24) is 0 Å². The molecular formula is C17H18BrNO2. The van der Waals surface area contributed by atoms with E-state index in [-0.39, 0.29) is 17.1 Å². The Balaban J connectivity index is 2.30. The second-order valence-corrected chi connectivity index (χ2v) is 6.77. The Hall–Kier alpha value is -1.81. The van der Waals surface area contributed by atoms with Gasteiger partial charge in [-0.1, -0.05) is 39.0 Å². The van der Waals surface area contributed by atoms with E-state index in [1.807, 2.05) is 24.3 Å². The molecule has 2 N–H and O–H groups in total. The standard InChI is InChI=1S/C17H18BrNO2/c1-17(2,3)12-6-4-5-7-14(12)19-16(21)11-8-9-13(18)15(20)10-11/h4-10,20H,1-3H3,(H,19,21). The van der Waals surface area contributed by atoms with Gasteiger partial charge in [-0.15, -0.1) is 0 Å². The highest BCUT2D eigenvalue weighted by molar-refractivity contribution is 9.10. The molecule has 1 amide bonds. The Labute approximate surface area is 133 Å². The van der Waals surface area contributed by atoms with Gasteiger partial charge in [0.2, 0.25) is 0 Å². The second kappa shape index (κ2) is 5.90. The Morgan fingerprint density at radius 1 is 1.14 bits per heavy atom. The molecule has 0 fully saturated rings. The molecule has 2 rings (SSSR count). The summed E-state index contributed by atoms with van der Waals surface area (Å²) < 4.78 is 0.564. The number of hydrogen-bond acceptors (Lipinski definition) is 2. The Morgan fingerprint density at radius 3 is 2.43 bits per heavy atom. The van der Waals surface area contributed by atoms with Gasteiger partial charge in [0, 0.05) is 11.3 Å². The van der Waals surface area contributed by atoms with Gasteiger partial charge in [0.15, 0.2) is 0 Å². The van der Waals surface area contributed by atoms with Crippen LogP contribution in [-0.2, 0) is 5.41 Å². The molecule has 0 aliphatic heterocycles. The van der Waals surface area contributed by atoms with Crippen LogP contribution in [0.3, 0.4) is 0 Å². The summed E-state index contributed by atoms with van der Waals surface area (Å²) in [6.45, 7) is 6.30. The van der Waals surface area contributed by atoms with Gasteiger partial charge in [-0.3, -0.25) is 4.79 Å². The molecule has 2 aromatic carbocycles. The number of halogens is 1. The van der Waals surface area contributed by atoms with Gasteiger partial charge in [0.25, 0.3) is 5.91 Å². The molecule has 0 heterocycles. The van der Waals surface area contributed by atoms with Crippen LogP contribution >= 0.6 is 15.9 Å². The van der Waals surface area contributed by atoms with Crippen molar-refractivity contribution >= 4 is 27.5 Å². The maximum atomic E-state index is 12.3. The molecule has 0 aliphatic rings. The third-order valence-corrected chi connectivity index (χ3v) is 3.86. The van der Waals surface area contributed by atoms with E-state index < -0.39 is 0 Å². The van der Waals surface area contributed by atoms with Crippen LogP contribution in [0.5, 0.6) is 5.75 Å². The molecule has 0 aliphatic carbocycles. The van der Waals surface area contributed by atoms with Crippen LogP contribution in [0.4, 0.5) is 5.69 Å². The number of carbonyl (C=O) groups excluding carboxylic acids is 1. The molecule has 0 saturated carbocycles. The predicted octanol–water partition coefficient (Wildman–Crippen LogP) is 4.70. The zero-order valence-electron chi connectivity index (χ0n) is 12.3. The van der Waals surface area contributed by atoms with Crippen molar-refractivity contribution in [3.63, 3.8) is 0 Å². The Kier molecular flexibility index (Phi) is 4.37. The SMILES string of the molecule is CC(C)(C)c1ccccc1NC(=O)c1ccc(Br)c(O)c1. The first-order chi connectivity index (χ1) is 9.79. The van der Waals surface area contributed by atoms with Crippen LogP contribution in [0.2, 0.25) is 0 Å². The molecule has 0 atom stereocenters. The van der Waals surface area contributed by atoms with E-state index >= 15 is 0 Å². The van der Waals surface area contributed by atoms with Gasteiger partial charge < -0.3 is 10.4 Å². The van der Waals surface area contributed by atoms with Gasteiger partial charge in [-0.25, -0.2) is 0 Å². The number of phenolic OH excluding ortho intramolecular Hbond substituents is 1. The summed E-state index contributed by atoms with van der Waals surface area (Å²) in [5.74, 6) is -0.193. The summed E-state index contributed by atoms with van der Waals surface area (Å²) in [6.07, 6.45) is 0. The number of carbonyl (C=O) groups is 1. The normalized spacial score (nSPS) is 11.2. The zero-order valence-corrected chi connectivity index (χ0v) is 13.9.